The molecule has 0 atom stereocenters. The summed E-state index contributed by atoms with van der Waals surface area (Å²) >= 11 is 3.31. The number of thioether (sulfide) groups is 1. The first-order chi connectivity index (χ1) is 9.04. The summed E-state index contributed by atoms with van der Waals surface area (Å²) in [5.74, 6) is -0.736. The molecule has 1 saturated heterocycles. The van der Waals surface area contributed by atoms with Crippen LogP contribution in [-0.2, 0) is 4.79 Å². The average molecular weight is 389 g/mol. The Hall–Kier alpha value is -1.42. The SMILES string of the molecule is O=C1CSC(=NN=Cc2cc(I)cc(C(=O)O)c2)N1. The minimum Gasteiger partial charge on any atom is -0.478 e. The minimum atomic E-state index is -0.988. The molecule has 6 nitrogen and oxygen atoms in total. The number of carbonyl (C=O) groups excluding carboxylic acids is 1. The van der Waals surface area contributed by atoms with Crippen LogP contribution < -0.4 is 5.32 Å². The summed E-state index contributed by atoms with van der Waals surface area (Å²) in [4.78, 5) is 21.8. The molecule has 1 fully saturated rings. The van der Waals surface area contributed by atoms with E-state index in [0.29, 0.717) is 16.5 Å². The monoisotopic (exact) mass is 389 g/mol. The average Bonchev–Trinajstić information content (AvgIpc) is 2.74. The van der Waals surface area contributed by atoms with Crippen molar-refractivity contribution in [1.82, 2.24) is 5.32 Å². The summed E-state index contributed by atoms with van der Waals surface area (Å²) in [6, 6.07) is 4.87. The third-order valence-electron chi connectivity index (χ3n) is 2.11. The highest BCUT2D eigenvalue weighted by Crippen LogP contribution is 2.12. The van der Waals surface area contributed by atoms with Gasteiger partial charge in [0.1, 0.15) is 0 Å². The third-order valence-corrected chi connectivity index (χ3v) is 3.60. The second-order valence-electron chi connectivity index (χ2n) is 3.56. The molecule has 2 rings (SSSR count). The van der Waals surface area contributed by atoms with Crippen molar-refractivity contribution in [2.45, 2.75) is 0 Å². The Morgan fingerprint density at radius 1 is 1.47 bits per heavy atom. The third kappa shape index (κ3) is 4.03. The number of carboxylic acid groups (broad SMARTS) is 1. The van der Waals surface area contributed by atoms with Gasteiger partial charge in [-0.3, -0.25) is 4.79 Å². The van der Waals surface area contributed by atoms with Gasteiger partial charge >= 0.3 is 5.97 Å². The van der Waals surface area contributed by atoms with E-state index in [1.54, 1.807) is 12.1 Å². The fourth-order valence-corrected chi connectivity index (χ4v) is 2.66. The molecule has 8 heteroatoms. The lowest BCUT2D eigenvalue weighted by atomic mass is 10.1. The van der Waals surface area contributed by atoms with Gasteiger partial charge in [-0.1, -0.05) is 11.8 Å². The largest absolute Gasteiger partial charge is 0.478 e. The number of carboxylic acids is 1. The van der Waals surface area contributed by atoms with Gasteiger partial charge in [-0.2, -0.15) is 5.10 Å². The number of rotatable bonds is 3. The maximum Gasteiger partial charge on any atom is 0.335 e. The second-order valence-corrected chi connectivity index (χ2v) is 5.77. The van der Waals surface area contributed by atoms with Crippen LogP contribution in [0.2, 0.25) is 0 Å². The van der Waals surface area contributed by atoms with Crippen molar-refractivity contribution in [2.24, 2.45) is 10.2 Å². The van der Waals surface area contributed by atoms with Gasteiger partial charge in [0, 0.05) is 3.57 Å². The molecule has 0 radical (unpaired) electrons. The van der Waals surface area contributed by atoms with Gasteiger partial charge in [-0.05, 0) is 46.4 Å². The molecule has 1 aromatic rings. The summed E-state index contributed by atoms with van der Waals surface area (Å²) in [6.45, 7) is 0. The molecule has 98 valence electrons. The number of hydrogen-bond acceptors (Lipinski definition) is 5. The van der Waals surface area contributed by atoms with Crippen LogP contribution in [0.15, 0.2) is 28.4 Å². The normalized spacial score (nSPS) is 17.1. The van der Waals surface area contributed by atoms with Crippen LogP contribution in [0.3, 0.4) is 0 Å². The smallest absolute Gasteiger partial charge is 0.335 e. The van der Waals surface area contributed by atoms with Gasteiger partial charge in [-0.15, -0.1) is 5.10 Å². The van der Waals surface area contributed by atoms with E-state index < -0.39 is 5.97 Å². The van der Waals surface area contributed by atoms with Crippen LogP contribution in [0.1, 0.15) is 15.9 Å². The van der Waals surface area contributed by atoms with Crippen molar-refractivity contribution in [2.75, 3.05) is 5.75 Å². The van der Waals surface area contributed by atoms with E-state index in [-0.39, 0.29) is 11.5 Å². The predicted octanol–water partition coefficient (Wildman–Crippen LogP) is 1.54. The molecular formula is C11H8IN3O3S. The molecule has 0 spiro atoms. The van der Waals surface area contributed by atoms with E-state index in [2.05, 4.69) is 15.5 Å². The van der Waals surface area contributed by atoms with Gasteiger partial charge in [0.25, 0.3) is 0 Å². The van der Waals surface area contributed by atoms with E-state index >= 15 is 0 Å². The van der Waals surface area contributed by atoms with E-state index in [1.807, 2.05) is 22.6 Å². The molecule has 1 aliphatic rings. The second kappa shape index (κ2) is 6.15. The molecule has 0 unspecified atom stereocenters. The van der Waals surface area contributed by atoms with Gasteiger partial charge < -0.3 is 10.4 Å². The number of halogens is 1. The van der Waals surface area contributed by atoms with E-state index in [4.69, 9.17) is 5.11 Å². The van der Waals surface area contributed by atoms with Crippen molar-refractivity contribution in [3.05, 3.63) is 32.9 Å². The Kier molecular flexibility index (Phi) is 4.53. The molecular weight excluding hydrogens is 381 g/mol. The lowest BCUT2D eigenvalue weighted by Gasteiger charge is -1.98. The van der Waals surface area contributed by atoms with Crippen LogP contribution in [0.5, 0.6) is 0 Å². The highest BCUT2D eigenvalue weighted by Gasteiger charge is 2.15. The molecule has 1 aliphatic heterocycles. The summed E-state index contributed by atoms with van der Waals surface area (Å²) < 4.78 is 0.801. The number of hydrogen-bond donors (Lipinski definition) is 2. The van der Waals surface area contributed by atoms with Crippen molar-refractivity contribution in [3.8, 4) is 0 Å². The molecule has 1 aromatic carbocycles. The molecule has 19 heavy (non-hydrogen) atoms. The standard InChI is InChI=1S/C11H8IN3O3S/c12-8-2-6(1-7(3-8)10(17)18)4-13-15-11-14-9(16)5-19-11/h1-4H,5H2,(H,17,18)(H,14,15,16). The number of amidine groups is 1. The minimum absolute atomic E-state index is 0.0960. The van der Waals surface area contributed by atoms with Gasteiger partial charge in [0.15, 0.2) is 5.17 Å². The van der Waals surface area contributed by atoms with Crippen molar-refractivity contribution >= 4 is 57.6 Å². The molecule has 1 amide bonds. The Labute approximate surface area is 126 Å². The van der Waals surface area contributed by atoms with Crippen LogP contribution >= 0.6 is 34.4 Å². The first-order valence-corrected chi connectivity index (χ1v) is 7.18. The zero-order valence-electron chi connectivity index (χ0n) is 9.46. The van der Waals surface area contributed by atoms with Crippen molar-refractivity contribution < 1.29 is 14.7 Å². The zero-order chi connectivity index (χ0) is 13.8. The molecule has 0 saturated carbocycles. The lowest BCUT2D eigenvalue weighted by molar-refractivity contribution is -0.116. The number of carbonyl (C=O) groups is 2. The number of benzene rings is 1. The van der Waals surface area contributed by atoms with Crippen molar-refractivity contribution in [3.63, 3.8) is 0 Å². The van der Waals surface area contributed by atoms with Crippen LogP contribution in [0.4, 0.5) is 0 Å². The quantitative estimate of drug-likeness (QED) is 0.466. The first-order valence-electron chi connectivity index (χ1n) is 5.12. The fraction of sp³-hybridized carbons (Fsp3) is 0.0909. The van der Waals surface area contributed by atoms with Crippen LogP contribution in [0, 0.1) is 3.57 Å². The first kappa shape index (κ1) is 14.0. The Morgan fingerprint density at radius 3 is 2.89 bits per heavy atom. The molecule has 1 heterocycles. The molecule has 0 aliphatic carbocycles. The number of nitrogens with one attached hydrogen (secondary N) is 1. The number of aromatic carboxylic acids is 1. The van der Waals surface area contributed by atoms with E-state index in [0.717, 1.165) is 3.57 Å². The summed E-state index contributed by atoms with van der Waals surface area (Å²) in [5.41, 5.74) is 0.840. The highest BCUT2D eigenvalue weighted by molar-refractivity contribution is 14.1. The van der Waals surface area contributed by atoms with E-state index in [9.17, 15) is 9.59 Å². The van der Waals surface area contributed by atoms with Gasteiger partial charge in [0.2, 0.25) is 5.91 Å². The fourth-order valence-electron chi connectivity index (χ4n) is 1.34. The predicted molar refractivity (Wildman–Crippen MR) is 81.7 cm³/mol. The lowest BCUT2D eigenvalue weighted by Crippen LogP contribution is -2.19. The Balaban J connectivity index is 2.14. The maximum atomic E-state index is 10.9. The number of nitrogens with zero attached hydrogens (tertiary/aromatic N) is 2. The Morgan fingerprint density at radius 2 is 2.26 bits per heavy atom. The van der Waals surface area contributed by atoms with Gasteiger partial charge in [-0.25, -0.2) is 4.79 Å². The van der Waals surface area contributed by atoms with Crippen molar-refractivity contribution in [1.29, 1.82) is 0 Å². The molecule has 0 bridgehead atoms. The van der Waals surface area contributed by atoms with Gasteiger partial charge in [0.05, 0.1) is 17.5 Å². The topological polar surface area (TPSA) is 91.1 Å². The van der Waals surface area contributed by atoms with Crippen LogP contribution in [-0.4, -0.2) is 34.1 Å². The summed E-state index contributed by atoms with van der Waals surface area (Å²) in [5, 5.41) is 19.6. The summed E-state index contributed by atoms with van der Waals surface area (Å²) in [6.07, 6.45) is 1.45. The number of amides is 1. The molecule has 0 aromatic heterocycles. The maximum absolute atomic E-state index is 10.9. The Bertz CT molecular complexity index is 601. The highest BCUT2D eigenvalue weighted by atomic mass is 127. The zero-order valence-corrected chi connectivity index (χ0v) is 12.4. The van der Waals surface area contributed by atoms with Crippen LogP contribution in [0.25, 0.3) is 0 Å². The molecule has 2 N–H and O–H groups in total. The van der Waals surface area contributed by atoms with E-state index in [1.165, 1.54) is 24.0 Å². The summed E-state index contributed by atoms with van der Waals surface area (Å²) in [7, 11) is 0.